The van der Waals surface area contributed by atoms with E-state index in [1.54, 1.807) is 6.07 Å². The Morgan fingerprint density at radius 1 is 0.840 bits per heavy atom. The molecule has 9 heteroatoms. The standard InChI is InChI=1S/C16H17NO6S2/c1-24(18,19)13-5-3-12(4-6-13)17-25(20,21)14-7-8-15-16(11-14)23-10-2-9-22-15/h3-8,11,17H,2,9-10H2,1H3. The fraction of sp³-hybridized carbons (Fsp3) is 0.250. The summed E-state index contributed by atoms with van der Waals surface area (Å²) in [6, 6.07) is 9.90. The van der Waals surface area contributed by atoms with Crippen LogP contribution in [0.15, 0.2) is 52.3 Å². The van der Waals surface area contributed by atoms with Crippen LogP contribution in [0, 0.1) is 0 Å². The number of ether oxygens (including phenoxy) is 2. The molecule has 7 nitrogen and oxygen atoms in total. The molecule has 134 valence electrons. The fourth-order valence-corrected chi connectivity index (χ4v) is 4.00. The van der Waals surface area contributed by atoms with Crippen molar-refractivity contribution in [1.82, 2.24) is 0 Å². The quantitative estimate of drug-likeness (QED) is 0.868. The molecule has 0 bridgehead atoms. The summed E-state index contributed by atoms with van der Waals surface area (Å²) in [5.41, 5.74) is 0.263. The van der Waals surface area contributed by atoms with Crippen LogP contribution in [0.3, 0.4) is 0 Å². The third-order valence-electron chi connectivity index (χ3n) is 3.56. The first-order valence-electron chi connectivity index (χ1n) is 7.48. The van der Waals surface area contributed by atoms with E-state index in [0.29, 0.717) is 24.7 Å². The molecule has 3 rings (SSSR count). The lowest BCUT2D eigenvalue weighted by Gasteiger charge is -2.11. The highest BCUT2D eigenvalue weighted by molar-refractivity contribution is 7.92. The first-order valence-corrected chi connectivity index (χ1v) is 10.9. The maximum atomic E-state index is 12.5. The van der Waals surface area contributed by atoms with Gasteiger partial charge in [0, 0.05) is 24.4 Å². The summed E-state index contributed by atoms with van der Waals surface area (Å²) in [4.78, 5) is 0.148. The topological polar surface area (TPSA) is 98.8 Å². The van der Waals surface area contributed by atoms with E-state index in [4.69, 9.17) is 9.47 Å². The number of hydrogen-bond donors (Lipinski definition) is 1. The predicted molar refractivity (Wildman–Crippen MR) is 92.4 cm³/mol. The minimum atomic E-state index is -3.84. The molecule has 0 radical (unpaired) electrons. The van der Waals surface area contributed by atoms with E-state index in [2.05, 4.69) is 4.72 Å². The van der Waals surface area contributed by atoms with Crippen molar-refractivity contribution < 1.29 is 26.3 Å². The lowest BCUT2D eigenvalue weighted by atomic mass is 10.3. The zero-order chi connectivity index (χ0) is 18.1. The molecule has 1 aliphatic heterocycles. The third-order valence-corrected chi connectivity index (χ3v) is 6.07. The summed E-state index contributed by atoms with van der Waals surface area (Å²) in [5, 5.41) is 0. The van der Waals surface area contributed by atoms with Gasteiger partial charge in [-0.25, -0.2) is 16.8 Å². The number of sulfone groups is 1. The minimum Gasteiger partial charge on any atom is -0.490 e. The van der Waals surface area contributed by atoms with Gasteiger partial charge in [0.2, 0.25) is 0 Å². The lowest BCUT2D eigenvalue weighted by Crippen LogP contribution is -2.13. The Morgan fingerprint density at radius 3 is 2.08 bits per heavy atom. The van der Waals surface area contributed by atoms with Crippen LogP contribution in [0.5, 0.6) is 11.5 Å². The molecule has 25 heavy (non-hydrogen) atoms. The van der Waals surface area contributed by atoms with Crippen molar-refractivity contribution in [3.63, 3.8) is 0 Å². The number of anilines is 1. The molecule has 0 amide bonds. The summed E-state index contributed by atoms with van der Waals surface area (Å²) in [6.45, 7) is 0.973. The van der Waals surface area contributed by atoms with Crippen molar-refractivity contribution in [3.8, 4) is 11.5 Å². The summed E-state index contributed by atoms with van der Waals surface area (Å²) < 4.78 is 61.4. The van der Waals surface area contributed by atoms with Crippen LogP contribution in [0.2, 0.25) is 0 Å². The number of fused-ring (bicyclic) bond motifs is 1. The van der Waals surface area contributed by atoms with Gasteiger partial charge in [-0.3, -0.25) is 4.72 Å². The maximum Gasteiger partial charge on any atom is 0.262 e. The van der Waals surface area contributed by atoms with Crippen LogP contribution in [0.4, 0.5) is 5.69 Å². The number of benzene rings is 2. The van der Waals surface area contributed by atoms with E-state index in [9.17, 15) is 16.8 Å². The zero-order valence-corrected chi connectivity index (χ0v) is 15.1. The average molecular weight is 383 g/mol. The molecule has 2 aromatic rings. The molecule has 0 unspecified atom stereocenters. The number of rotatable bonds is 4. The number of nitrogens with one attached hydrogen (secondary N) is 1. The fourth-order valence-electron chi connectivity index (χ4n) is 2.30. The highest BCUT2D eigenvalue weighted by atomic mass is 32.2. The minimum absolute atomic E-state index is 0.0314. The van der Waals surface area contributed by atoms with E-state index < -0.39 is 19.9 Å². The van der Waals surface area contributed by atoms with Crippen LogP contribution in [0.1, 0.15) is 6.42 Å². The third kappa shape index (κ3) is 4.05. The molecule has 0 aliphatic carbocycles. The number of sulfonamides is 1. The highest BCUT2D eigenvalue weighted by Crippen LogP contribution is 2.32. The summed E-state index contributed by atoms with van der Waals surface area (Å²) in [6.07, 6.45) is 1.81. The lowest BCUT2D eigenvalue weighted by molar-refractivity contribution is 0.297. The predicted octanol–water partition coefficient (Wildman–Crippen LogP) is 2.05. The molecule has 0 spiro atoms. The number of hydrogen-bond acceptors (Lipinski definition) is 6. The van der Waals surface area contributed by atoms with E-state index in [1.807, 2.05) is 0 Å². The van der Waals surface area contributed by atoms with Crippen molar-refractivity contribution >= 4 is 25.5 Å². The van der Waals surface area contributed by atoms with E-state index >= 15 is 0 Å². The SMILES string of the molecule is CS(=O)(=O)c1ccc(NS(=O)(=O)c2ccc3c(c2)OCCCO3)cc1. The Balaban J connectivity index is 1.86. The van der Waals surface area contributed by atoms with Crippen molar-refractivity contribution in [2.75, 3.05) is 24.2 Å². The van der Waals surface area contributed by atoms with Gasteiger partial charge in [-0.15, -0.1) is 0 Å². The molecule has 1 N–H and O–H groups in total. The smallest absolute Gasteiger partial charge is 0.262 e. The van der Waals surface area contributed by atoms with Crippen LogP contribution in [-0.2, 0) is 19.9 Å². The Labute approximate surface area is 146 Å². The van der Waals surface area contributed by atoms with Crippen LogP contribution in [0.25, 0.3) is 0 Å². The summed E-state index contributed by atoms with van der Waals surface area (Å²) >= 11 is 0. The van der Waals surface area contributed by atoms with Crippen molar-refractivity contribution in [2.45, 2.75) is 16.2 Å². The molecule has 0 saturated carbocycles. The van der Waals surface area contributed by atoms with Gasteiger partial charge in [-0.2, -0.15) is 0 Å². The van der Waals surface area contributed by atoms with Crippen LogP contribution >= 0.6 is 0 Å². The Kier molecular flexibility index (Phi) is 4.61. The Hall–Kier alpha value is -2.26. The monoisotopic (exact) mass is 383 g/mol. The van der Waals surface area contributed by atoms with Gasteiger partial charge in [0.25, 0.3) is 10.0 Å². The van der Waals surface area contributed by atoms with E-state index in [0.717, 1.165) is 12.7 Å². The maximum absolute atomic E-state index is 12.5. The molecule has 1 heterocycles. The zero-order valence-electron chi connectivity index (χ0n) is 13.4. The van der Waals surface area contributed by atoms with E-state index in [-0.39, 0.29) is 15.5 Å². The van der Waals surface area contributed by atoms with Crippen LogP contribution in [-0.4, -0.2) is 36.3 Å². The molecular formula is C16H17NO6S2. The summed E-state index contributed by atoms with van der Waals surface area (Å²) in [5.74, 6) is 0.891. The molecular weight excluding hydrogens is 366 g/mol. The van der Waals surface area contributed by atoms with Gasteiger partial charge in [0.05, 0.1) is 23.0 Å². The second-order valence-electron chi connectivity index (χ2n) is 5.56. The molecule has 2 aromatic carbocycles. The first-order chi connectivity index (χ1) is 11.8. The second kappa shape index (κ2) is 6.57. The molecule has 0 aromatic heterocycles. The Bertz CT molecular complexity index is 982. The van der Waals surface area contributed by atoms with Crippen molar-refractivity contribution in [1.29, 1.82) is 0 Å². The molecule has 0 saturated heterocycles. The summed E-state index contributed by atoms with van der Waals surface area (Å²) in [7, 11) is -7.18. The van der Waals surface area contributed by atoms with E-state index in [1.165, 1.54) is 36.4 Å². The largest absolute Gasteiger partial charge is 0.490 e. The van der Waals surface area contributed by atoms with Crippen LogP contribution < -0.4 is 14.2 Å². The average Bonchev–Trinajstić information content (AvgIpc) is 2.78. The van der Waals surface area contributed by atoms with Gasteiger partial charge in [-0.05, 0) is 36.4 Å². The molecule has 1 aliphatic rings. The molecule has 0 fully saturated rings. The second-order valence-corrected chi connectivity index (χ2v) is 9.26. The normalized spacial score (nSPS) is 14.6. The highest BCUT2D eigenvalue weighted by Gasteiger charge is 2.19. The van der Waals surface area contributed by atoms with Crippen molar-refractivity contribution in [3.05, 3.63) is 42.5 Å². The van der Waals surface area contributed by atoms with Gasteiger partial charge >= 0.3 is 0 Å². The van der Waals surface area contributed by atoms with Crippen molar-refractivity contribution in [2.24, 2.45) is 0 Å². The first kappa shape index (κ1) is 17.6. The van der Waals surface area contributed by atoms with Gasteiger partial charge in [0.15, 0.2) is 21.3 Å². The Morgan fingerprint density at radius 2 is 1.44 bits per heavy atom. The molecule has 0 atom stereocenters. The van der Waals surface area contributed by atoms with Gasteiger partial charge < -0.3 is 9.47 Å². The van der Waals surface area contributed by atoms with Gasteiger partial charge in [-0.1, -0.05) is 0 Å². The van der Waals surface area contributed by atoms with Gasteiger partial charge in [0.1, 0.15) is 0 Å².